The Hall–Kier alpha value is -6.62. The minimum absolute atomic E-state index is 0.00190. The number of carbonyl (C=O) groups is 4. The molecular formula is C91H142O17P2. The third kappa shape index (κ3) is 79.5. The van der Waals surface area contributed by atoms with E-state index in [4.69, 9.17) is 37.0 Å². The van der Waals surface area contributed by atoms with E-state index in [1.54, 1.807) is 0 Å². The molecule has 110 heavy (non-hydrogen) atoms. The Morgan fingerprint density at radius 2 is 0.455 bits per heavy atom. The van der Waals surface area contributed by atoms with Crippen molar-refractivity contribution in [2.24, 2.45) is 0 Å². The summed E-state index contributed by atoms with van der Waals surface area (Å²) in [5, 5.41) is 10.7. The van der Waals surface area contributed by atoms with Crippen LogP contribution in [0.15, 0.2) is 219 Å². The van der Waals surface area contributed by atoms with E-state index in [2.05, 4.69) is 234 Å². The predicted molar refractivity (Wildman–Crippen MR) is 454 cm³/mol. The minimum atomic E-state index is -5.02. The number of hydrogen-bond acceptors (Lipinski definition) is 15. The number of phosphoric acid groups is 2. The molecule has 0 aromatic rings. The largest absolute Gasteiger partial charge is 0.472 e. The summed E-state index contributed by atoms with van der Waals surface area (Å²) in [6, 6.07) is 0. The fraction of sp³-hybridized carbons (Fsp3) is 0.560. The molecule has 0 aromatic carbocycles. The van der Waals surface area contributed by atoms with Gasteiger partial charge in [0.1, 0.15) is 19.3 Å². The van der Waals surface area contributed by atoms with E-state index in [0.29, 0.717) is 32.1 Å². The molecule has 0 aliphatic heterocycles. The first-order valence-electron chi connectivity index (χ1n) is 41.0. The van der Waals surface area contributed by atoms with Crippen LogP contribution in [0.2, 0.25) is 0 Å². The lowest BCUT2D eigenvalue weighted by Crippen LogP contribution is -2.30. The topological polar surface area (TPSA) is 237 Å². The van der Waals surface area contributed by atoms with Crippen LogP contribution >= 0.6 is 15.6 Å². The Morgan fingerprint density at radius 1 is 0.255 bits per heavy atom. The van der Waals surface area contributed by atoms with Crippen LogP contribution in [-0.4, -0.2) is 96.7 Å². The van der Waals surface area contributed by atoms with E-state index in [1.807, 2.05) is 12.2 Å². The third-order valence-corrected chi connectivity index (χ3v) is 17.8. The molecule has 0 aliphatic rings. The van der Waals surface area contributed by atoms with Gasteiger partial charge in [0, 0.05) is 25.7 Å². The van der Waals surface area contributed by atoms with Gasteiger partial charge in [-0.15, -0.1) is 0 Å². The van der Waals surface area contributed by atoms with Crippen LogP contribution in [0.25, 0.3) is 0 Å². The summed E-state index contributed by atoms with van der Waals surface area (Å²) in [6.45, 7) is 4.23. The van der Waals surface area contributed by atoms with E-state index in [1.165, 1.54) is 0 Å². The second kappa shape index (κ2) is 80.4. The van der Waals surface area contributed by atoms with Crippen molar-refractivity contribution in [1.82, 2.24) is 0 Å². The van der Waals surface area contributed by atoms with Crippen LogP contribution in [0.3, 0.4) is 0 Å². The summed E-state index contributed by atoms with van der Waals surface area (Å²) in [7, 11) is -10.0. The molecule has 0 aromatic heterocycles. The number of ether oxygens (including phenoxy) is 4. The van der Waals surface area contributed by atoms with Crippen LogP contribution in [0.1, 0.15) is 272 Å². The number of aliphatic hydroxyl groups is 1. The van der Waals surface area contributed by atoms with Gasteiger partial charge in [0.2, 0.25) is 0 Å². The molecule has 5 atom stereocenters. The van der Waals surface area contributed by atoms with Gasteiger partial charge in [0.05, 0.1) is 26.4 Å². The van der Waals surface area contributed by atoms with Crippen molar-refractivity contribution >= 4 is 39.5 Å². The Kier molecular flexibility index (Phi) is 75.6. The SMILES string of the molecule is CC/C=C\C/C=C\C/C=C\C/C=C\C/C=C\CCCCCC(=O)OCC(COP(=O)(O)OCC(O)COP(=O)(O)OCC(COC(=O)CCCCCC/C=C\C/C=C\C/C=C\C/C=C\CC)OC(=O)CCCCCC/C=C\C/C=C\C/C=C\C/C=C\CC)OC(=O)CCC/C=C\C/C=C\C/C=C\C/C=C\C/C=C\CC. The van der Waals surface area contributed by atoms with E-state index >= 15 is 0 Å². The van der Waals surface area contributed by atoms with Gasteiger partial charge >= 0.3 is 39.5 Å². The van der Waals surface area contributed by atoms with Gasteiger partial charge in [-0.25, -0.2) is 9.13 Å². The van der Waals surface area contributed by atoms with Crippen LogP contribution < -0.4 is 0 Å². The number of aliphatic hydroxyl groups excluding tert-OH is 1. The van der Waals surface area contributed by atoms with Crippen LogP contribution in [0.5, 0.6) is 0 Å². The highest BCUT2D eigenvalue weighted by Crippen LogP contribution is 2.45. The minimum Gasteiger partial charge on any atom is -0.462 e. The fourth-order valence-electron chi connectivity index (χ4n) is 9.85. The number of rotatable bonds is 74. The van der Waals surface area contributed by atoms with Gasteiger partial charge < -0.3 is 33.8 Å². The number of hydrogen-bond donors (Lipinski definition) is 3. The molecule has 17 nitrogen and oxygen atoms in total. The van der Waals surface area contributed by atoms with Crippen LogP contribution in [0, 0.1) is 0 Å². The molecule has 0 heterocycles. The molecule has 5 unspecified atom stereocenters. The molecule has 0 amide bonds. The number of esters is 4. The normalized spacial score (nSPS) is 14.9. The number of phosphoric ester groups is 2. The summed E-state index contributed by atoms with van der Waals surface area (Å²) in [6.07, 6.45) is 102. The zero-order valence-corrected chi connectivity index (χ0v) is 69.4. The van der Waals surface area contributed by atoms with Gasteiger partial charge in [-0.1, -0.05) is 279 Å². The lowest BCUT2D eigenvalue weighted by Gasteiger charge is -2.21. The maximum absolute atomic E-state index is 13.1. The predicted octanol–water partition coefficient (Wildman–Crippen LogP) is 24.4. The number of allylic oxidation sites excluding steroid dienone is 36. The first-order chi connectivity index (χ1) is 53.7. The third-order valence-electron chi connectivity index (χ3n) is 15.9. The Bertz CT molecular complexity index is 2950. The quantitative estimate of drug-likeness (QED) is 0.0169. The first kappa shape index (κ1) is 103. The maximum atomic E-state index is 13.1. The summed E-state index contributed by atoms with van der Waals surface area (Å²) in [5.41, 5.74) is 0. The van der Waals surface area contributed by atoms with E-state index in [0.717, 1.165) is 186 Å². The molecule has 0 aliphatic carbocycles. The fourth-order valence-corrected chi connectivity index (χ4v) is 11.4. The molecule has 0 saturated carbocycles. The molecule has 0 spiro atoms. The summed E-state index contributed by atoms with van der Waals surface area (Å²) in [4.78, 5) is 73.2. The summed E-state index contributed by atoms with van der Waals surface area (Å²) in [5.74, 6) is -2.36. The molecule has 0 fully saturated rings. The van der Waals surface area contributed by atoms with Gasteiger partial charge in [-0.3, -0.25) is 37.3 Å². The Balaban J connectivity index is 5.55. The van der Waals surface area contributed by atoms with Gasteiger partial charge in [-0.2, -0.15) is 0 Å². The van der Waals surface area contributed by atoms with Crippen molar-refractivity contribution in [3.05, 3.63) is 219 Å². The number of unbranched alkanes of at least 4 members (excludes halogenated alkanes) is 12. The maximum Gasteiger partial charge on any atom is 0.472 e. The van der Waals surface area contributed by atoms with Gasteiger partial charge in [-0.05, 0) is 186 Å². The standard InChI is InChI=1S/C91H142O17P2/c1-5-9-13-17-21-25-29-33-37-41-42-46-48-52-56-60-64-68-72-76-89(94)102-82-87(108-91(96)78-74-70-66-62-58-54-50-45-40-36-32-28-24-20-16-12-8-4)84-106-110(99,100)104-80-85(92)79-103-109(97,98)105-83-86(107-90(95)77-73-69-65-61-57-53-49-44-39-35-31-27-23-19-15-11-7-3)81-101-88(93)75-71-67-63-59-55-51-47-43-38-34-30-26-22-18-14-10-6-2/h9-16,21-28,33-40,42,46-47,49-54,56,62,66,85-87,92H,5-8,17-20,29-32,41,43-45,48,55,57-61,63-65,67-84H2,1-4H3,(H,97,98)(H,99,100)/b13-9-,14-10-,15-11-,16-12-,25-21-,26-22-,27-23-,28-24-,37-33-,38-34-,39-35-,40-36-,46-42-,51-47-,53-49-,54-50-,56-52-,66-62-. The van der Waals surface area contributed by atoms with Crippen molar-refractivity contribution in [3.63, 3.8) is 0 Å². The highest BCUT2D eigenvalue weighted by Gasteiger charge is 2.30. The highest BCUT2D eigenvalue weighted by atomic mass is 31.2. The first-order valence-corrected chi connectivity index (χ1v) is 44.0. The second-order valence-corrected chi connectivity index (χ2v) is 29.1. The average Bonchev–Trinajstić information content (AvgIpc) is 0.906. The summed E-state index contributed by atoms with van der Waals surface area (Å²) >= 11 is 0. The van der Waals surface area contributed by atoms with Crippen molar-refractivity contribution in [3.8, 4) is 0 Å². The monoisotopic (exact) mass is 1570 g/mol. The lowest BCUT2D eigenvalue weighted by atomic mass is 10.1. The van der Waals surface area contributed by atoms with Gasteiger partial charge in [0.15, 0.2) is 12.2 Å². The van der Waals surface area contributed by atoms with E-state index in [9.17, 15) is 43.2 Å². The molecule has 0 radical (unpaired) electrons. The molecule has 19 heteroatoms. The average molecular weight is 1570 g/mol. The van der Waals surface area contributed by atoms with Gasteiger partial charge in [0.25, 0.3) is 0 Å². The Labute approximate surface area is 664 Å². The zero-order chi connectivity index (χ0) is 80.3. The second-order valence-electron chi connectivity index (χ2n) is 26.2. The van der Waals surface area contributed by atoms with Crippen LogP contribution in [-0.2, 0) is 65.4 Å². The molecule has 0 bridgehead atoms. The molecule has 0 saturated heterocycles. The van der Waals surface area contributed by atoms with E-state index in [-0.39, 0.29) is 25.7 Å². The van der Waals surface area contributed by atoms with E-state index < -0.39 is 97.5 Å². The zero-order valence-electron chi connectivity index (χ0n) is 67.6. The van der Waals surface area contributed by atoms with Crippen molar-refractivity contribution in [2.75, 3.05) is 39.6 Å². The lowest BCUT2D eigenvalue weighted by molar-refractivity contribution is -0.161. The van der Waals surface area contributed by atoms with Crippen LogP contribution in [0.4, 0.5) is 0 Å². The summed E-state index contributed by atoms with van der Waals surface area (Å²) < 4.78 is 68.6. The van der Waals surface area contributed by atoms with Crippen molar-refractivity contribution in [2.45, 2.75) is 290 Å². The number of carbonyl (C=O) groups excluding carboxylic acids is 4. The smallest absolute Gasteiger partial charge is 0.462 e. The van der Waals surface area contributed by atoms with Crippen molar-refractivity contribution < 1.29 is 80.2 Å². The van der Waals surface area contributed by atoms with Crippen molar-refractivity contribution in [1.29, 1.82) is 0 Å². The molecule has 0 rings (SSSR count). The Morgan fingerprint density at radius 3 is 0.718 bits per heavy atom. The molecule has 618 valence electrons. The molecular weight excluding hydrogens is 1430 g/mol. The highest BCUT2D eigenvalue weighted by molar-refractivity contribution is 7.47. The molecule has 3 N–H and O–H groups in total.